The second-order valence-corrected chi connectivity index (χ2v) is 16.0. The van der Waals surface area contributed by atoms with Crippen LogP contribution in [0, 0.1) is 11.8 Å². The Bertz CT molecular complexity index is 1590. The largest absolute Gasteiger partial charge is 0.487 e. The number of nitrogens with one attached hydrogen (secondary N) is 1. The molecule has 11 nitrogen and oxygen atoms in total. The normalized spacial score (nSPS) is 26.0. The summed E-state index contributed by atoms with van der Waals surface area (Å²) in [5, 5.41) is 12.9. The number of hydrogen-bond donors (Lipinski definition) is 2. The Hall–Kier alpha value is -2.90. The van der Waals surface area contributed by atoms with Crippen molar-refractivity contribution < 1.29 is 32.6 Å². The lowest BCUT2D eigenvalue weighted by Crippen LogP contribution is -2.52. The summed E-state index contributed by atoms with van der Waals surface area (Å²) in [5.74, 6) is -0.357. The van der Waals surface area contributed by atoms with Crippen LogP contribution in [0.4, 0.5) is 5.69 Å². The smallest absolute Gasteiger partial charge is 0.303 e. The molecule has 1 saturated carbocycles. The summed E-state index contributed by atoms with van der Waals surface area (Å²) >= 11 is 6.35. The number of ether oxygens (including phenoxy) is 2. The zero-order valence-corrected chi connectivity index (χ0v) is 30.0. The first-order valence-corrected chi connectivity index (χ1v) is 18.7. The van der Waals surface area contributed by atoms with E-state index in [0.29, 0.717) is 48.0 Å². The van der Waals surface area contributed by atoms with Crippen LogP contribution in [0.25, 0.3) is 0 Å². The SMILES string of the molecule is CO[C@H]1CCCCN(C)C(=O)C[C@](O)(C(=O)NS(=O)(=O)N(C)C)c2ccc3c(c2)N(CCCCc2cc(Cl)ccc2CO3)C[C@@H]2CC[C@H]21. The zero-order valence-electron chi connectivity index (χ0n) is 28.4. The Morgan fingerprint density at radius 1 is 1.06 bits per heavy atom. The highest BCUT2D eigenvalue weighted by atomic mass is 35.5. The van der Waals surface area contributed by atoms with Gasteiger partial charge in [-0.05, 0) is 104 Å². The monoisotopic (exact) mass is 704 g/mol. The van der Waals surface area contributed by atoms with Crippen molar-refractivity contribution in [2.45, 2.75) is 76.1 Å². The molecule has 2 amide bonds. The maximum Gasteiger partial charge on any atom is 0.303 e. The number of fused-ring (bicyclic) bond motifs is 3. The summed E-state index contributed by atoms with van der Waals surface area (Å²) in [4.78, 5) is 31.1. The third kappa shape index (κ3) is 8.10. The Morgan fingerprint density at radius 2 is 1.83 bits per heavy atom. The van der Waals surface area contributed by atoms with Crippen LogP contribution >= 0.6 is 11.6 Å². The first kappa shape index (κ1) is 36.4. The van der Waals surface area contributed by atoms with Gasteiger partial charge >= 0.3 is 10.2 Å². The highest BCUT2D eigenvalue weighted by Crippen LogP contribution is 2.43. The van der Waals surface area contributed by atoms with Crippen LogP contribution in [0.15, 0.2) is 36.4 Å². The minimum atomic E-state index is -4.27. The molecule has 2 aromatic rings. The predicted octanol–water partition coefficient (Wildman–Crippen LogP) is 4.25. The molecule has 2 bridgehead atoms. The predicted molar refractivity (Wildman–Crippen MR) is 185 cm³/mol. The molecule has 4 atom stereocenters. The van der Waals surface area contributed by atoms with Crippen molar-refractivity contribution in [3.8, 4) is 5.75 Å². The van der Waals surface area contributed by atoms with E-state index in [0.717, 1.165) is 73.3 Å². The molecule has 13 heteroatoms. The van der Waals surface area contributed by atoms with Gasteiger partial charge in [0, 0.05) is 52.9 Å². The Labute approximate surface area is 289 Å². The van der Waals surface area contributed by atoms with Gasteiger partial charge < -0.3 is 24.4 Å². The van der Waals surface area contributed by atoms with E-state index in [2.05, 4.69) is 4.90 Å². The average Bonchev–Trinajstić information content (AvgIpc) is 3.06. The molecule has 2 heterocycles. The van der Waals surface area contributed by atoms with Gasteiger partial charge in [-0.1, -0.05) is 23.7 Å². The van der Waals surface area contributed by atoms with Crippen LogP contribution in [-0.2, 0) is 43.2 Å². The van der Waals surface area contributed by atoms with E-state index in [-0.39, 0.29) is 11.7 Å². The molecule has 2 aliphatic heterocycles. The Morgan fingerprint density at radius 3 is 2.54 bits per heavy atom. The quantitative estimate of drug-likeness (QED) is 0.484. The average molecular weight is 705 g/mol. The maximum absolute atomic E-state index is 13.8. The van der Waals surface area contributed by atoms with E-state index in [1.165, 1.54) is 19.0 Å². The fourth-order valence-corrected chi connectivity index (χ4v) is 7.86. The van der Waals surface area contributed by atoms with Crippen LogP contribution < -0.4 is 14.4 Å². The number of carbonyl (C=O) groups is 2. The number of amides is 2. The van der Waals surface area contributed by atoms with Gasteiger partial charge in [-0.2, -0.15) is 12.7 Å². The highest BCUT2D eigenvalue weighted by molar-refractivity contribution is 7.87. The van der Waals surface area contributed by atoms with E-state index in [4.69, 9.17) is 21.1 Å². The van der Waals surface area contributed by atoms with Crippen LogP contribution in [0.1, 0.15) is 68.1 Å². The summed E-state index contributed by atoms with van der Waals surface area (Å²) in [6.45, 7) is 2.14. The van der Waals surface area contributed by atoms with Gasteiger partial charge in [-0.25, -0.2) is 4.72 Å². The number of hydrogen-bond acceptors (Lipinski definition) is 8. The van der Waals surface area contributed by atoms with Gasteiger partial charge in [0.05, 0.1) is 18.2 Å². The van der Waals surface area contributed by atoms with E-state index >= 15 is 0 Å². The summed E-state index contributed by atoms with van der Waals surface area (Å²) in [6.07, 6.45) is 6.72. The minimum absolute atomic E-state index is 0.108. The fourth-order valence-electron chi connectivity index (χ4n) is 7.08. The molecule has 2 aromatic carbocycles. The number of carbonyl (C=O) groups excluding carboxylic acids is 2. The lowest BCUT2D eigenvalue weighted by Gasteiger charge is -2.44. The molecule has 1 aliphatic carbocycles. The van der Waals surface area contributed by atoms with Gasteiger partial charge in [0.15, 0.2) is 5.60 Å². The van der Waals surface area contributed by atoms with Crippen molar-refractivity contribution in [2.75, 3.05) is 52.8 Å². The van der Waals surface area contributed by atoms with E-state index in [9.17, 15) is 23.1 Å². The zero-order chi connectivity index (χ0) is 34.6. The highest BCUT2D eigenvalue weighted by Gasteiger charge is 2.44. The van der Waals surface area contributed by atoms with Crippen LogP contribution in [0.2, 0.25) is 5.02 Å². The van der Waals surface area contributed by atoms with Crippen molar-refractivity contribution >= 4 is 39.3 Å². The van der Waals surface area contributed by atoms with Crippen molar-refractivity contribution in [3.05, 3.63) is 58.1 Å². The van der Waals surface area contributed by atoms with Gasteiger partial charge in [-0.15, -0.1) is 0 Å². The molecule has 1 fully saturated rings. The van der Waals surface area contributed by atoms with Crippen LogP contribution in [0.5, 0.6) is 5.75 Å². The second kappa shape index (κ2) is 15.3. The Balaban J connectivity index is 1.62. The lowest BCUT2D eigenvalue weighted by atomic mass is 9.69. The van der Waals surface area contributed by atoms with Gasteiger partial charge in [-0.3, -0.25) is 9.59 Å². The topological polar surface area (TPSA) is 129 Å². The molecular weight excluding hydrogens is 656 g/mol. The van der Waals surface area contributed by atoms with Crippen molar-refractivity contribution in [1.82, 2.24) is 13.9 Å². The van der Waals surface area contributed by atoms with Crippen LogP contribution in [0.3, 0.4) is 0 Å². The summed E-state index contributed by atoms with van der Waals surface area (Å²) in [6, 6.07) is 10.8. The molecule has 0 saturated heterocycles. The number of rotatable bonds is 4. The summed E-state index contributed by atoms with van der Waals surface area (Å²) in [5.41, 5.74) is 0.466. The molecule has 5 rings (SSSR count). The first-order chi connectivity index (χ1) is 22.8. The number of aryl methyl sites for hydroxylation is 1. The third-order valence-corrected chi connectivity index (χ3v) is 11.9. The summed E-state index contributed by atoms with van der Waals surface area (Å²) < 4.78 is 40.9. The Kier molecular flexibility index (Phi) is 11.6. The van der Waals surface area contributed by atoms with Crippen molar-refractivity contribution in [2.24, 2.45) is 11.8 Å². The molecule has 2 N–H and O–H groups in total. The molecule has 0 radical (unpaired) electrons. The van der Waals surface area contributed by atoms with Gasteiger partial charge in [0.2, 0.25) is 5.91 Å². The number of anilines is 1. The molecule has 0 unspecified atom stereocenters. The molecule has 0 aromatic heterocycles. The fraction of sp³-hybridized carbons (Fsp3) is 0.600. The second-order valence-electron chi connectivity index (χ2n) is 13.6. The van der Waals surface area contributed by atoms with Crippen LogP contribution in [-0.4, -0.2) is 88.5 Å². The van der Waals surface area contributed by atoms with Crippen molar-refractivity contribution in [1.29, 1.82) is 0 Å². The number of benzene rings is 2. The molecule has 264 valence electrons. The van der Waals surface area contributed by atoms with E-state index < -0.39 is 34.0 Å². The van der Waals surface area contributed by atoms with Gasteiger partial charge in [0.1, 0.15) is 12.4 Å². The van der Waals surface area contributed by atoms with Gasteiger partial charge in [0.25, 0.3) is 5.91 Å². The maximum atomic E-state index is 13.8. The number of aliphatic hydroxyl groups is 1. The molecule has 0 spiro atoms. The van der Waals surface area contributed by atoms with Crippen molar-refractivity contribution in [3.63, 3.8) is 0 Å². The standard InChI is InChI=1S/C35H49ClN4O7S/c1-38(2)48(44,45)37-34(42)35(43)21-33(41)39(3)17-7-6-10-31(46-4)29-15-12-25(29)22-40-18-8-5-9-24-19-28(36)14-11-26(24)23-47-32-16-13-27(35)20-30(32)40/h11,13-14,16,19-20,25,29,31,43H,5-10,12,15,17-18,21-23H2,1-4H3,(H,37,42)/t25-,29+,31-,35+/m0/s1. The van der Waals surface area contributed by atoms with E-state index in [1.807, 2.05) is 22.9 Å². The molecule has 48 heavy (non-hydrogen) atoms. The number of halogens is 1. The number of methoxy groups -OCH3 is 1. The molecule has 3 aliphatic rings. The lowest BCUT2D eigenvalue weighted by molar-refractivity contribution is -0.148. The molecular formula is C35H49ClN4O7S. The minimum Gasteiger partial charge on any atom is -0.487 e. The first-order valence-electron chi connectivity index (χ1n) is 16.9. The summed E-state index contributed by atoms with van der Waals surface area (Å²) in [7, 11) is 1.70. The number of nitrogens with zero attached hydrogens (tertiary/aromatic N) is 3. The van der Waals surface area contributed by atoms with E-state index in [1.54, 1.807) is 32.4 Å². The third-order valence-electron chi connectivity index (χ3n) is 10.3.